The summed E-state index contributed by atoms with van der Waals surface area (Å²) in [5, 5.41) is 9.45. The van der Waals surface area contributed by atoms with Crippen molar-refractivity contribution < 1.29 is 18.0 Å². The third-order valence-electron chi connectivity index (χ3n) is 6.09. The molecule has 0 radical (unpaired) electrons. The minimum absolute atomic E-state index is 0.0633. The summed E-state index contributed by atoms with van der Waals surface area (Å²) in [6.07, 6.45) is 2.06. The minimum atomic E-state index is -4.26. The molecule has 1 aliphatic rings. The number of rotatable bonds is 8. The van der Waals surface area contributed by atoms with Crippen molar-refractivity contribution in [2.24, 2.45) is 17.1 Å². The lowest BCUT2D eigenvalue weighted by molar-refractivity contribution is -0.214. The van der Waals surface area contributed by atoms with E-state index in [-0.39, 0.29) is 24.3 Å². The lowest BCUT2D eigenvalue weighted by Crippen LogP contribution is -2.35. The highest BCUT2D eigenvalue weighted by Gasteiger charge is 2.46. The number of fused-ring (bicyclic) bond motifs is 1. The number of nitrogens with two attached hydrogens (primary N) is 1. The molecule has 0 aliphatic carbocycles. The quantitative estimate of drug-likeness (QED) is 0.407. The van der Waals surface area contributed by atoms with Crippen LogP contribution in [-0.2, 0) is 0 Å². The van der Waals surface area contributed by atoms with Crippen LogP contribution in [0.15, 0.2) is 24.4 Å². The van der Waals surface area contributed by atoms with Crippen LogP contribution in [0, 0.1) is 11.3 Å². The minimum Gasteiger partial charge on any atom is -0.364 e. The molecule has 2 rings (SSSR count). The van der Waals surface area contributed by atoms with Gasteiger partial charge in [0.05, 0.1) is 11.0 Å². The van der Waals surface area contributed by atoms with Crippen molar-refractivity contribution in [3.8, 4) is 0 Å². The lowest BCUT2D eigenvalue weighted by Gasteiger charge is -2.30. The zero-order chi connectivity index (χ0) is 24.9. The fraction of sp³-hybridized carbons (Fsp3) is 0.667. The van der Waals surface area contributed by atoms with Gasteiger partial charge in [0.1, 0.15) is 11.6 Å². The summed E-state index contributed by atoms with van der Waals surface area (Å²) >= 11 is 0. The molecule has 2 atom stereocenters. The van der Waals surface area contributed by atoms with Gasteiger partial charge < -0.3 is 21.7 Å². The van der Waals surface area contributed by atoms with Crippen LogP contribution in [0.1, 0.15) is 77.1 Å². The third kappa shape index (κ3) is 7.91. The molecule has 186 valence electrons. The Hall–Kier alpha value is -2.29. The fourth-order valence-corrected chi connectivity index (χ4v) is 3.95. The summed E-state index contributed by atoms with van der Waals surface area (Å²) in [5.74, 6) is 1.21. The van der Waals surface area contributed by atoms with Gasteiger partial charge in [-0.15, -0.1) is 0 Å². The maximum atomic E-state index is 13.0. The lowest BCUT2D eigenvalue weighted by atomic mass is 9.85. The Morgan fingerprint density at radius 3 is 2.67 bits per heavy atom. The Balaban J connectivity index is 2.07. The Kier molecular flexibility index (Phi) is 8.79. The average Bonchev–Trinajstić information content (AvgIpc) is 2.73. The summed E-state index contributed by atoms with van der Waals surface area (Å²) in [7, 11) is 0. The van der Waals surface area contributed by atoms with Crippen LogP contribution >= 0.6 is 0 Å². The predicted octanol–water partition coefficient (Wildman–Crippen LogP) is 5.44. The van der Waals surface area contributed by atoms with Gasteiger partial charge in [0.15, 0.2) is 0 Å². The highest BCUT2D eigenvalue weighted by Crippen LogP contribution is 2.41. The van der Waals surface area contributed by atoms with Crippen molar-refractivity contribution in [2.45, 2.75) is 84.5 Å². The maximum absolute atomic E-state index is 13.0. The van der Waals surface area contributed by atoms with E-state index in [1.807, 2.05) is 0 Å². The van der Waals surface area contributed by atoms with Gasteiger partial charge in [0.2, 0.25) is 0 Å². The number of pyridine rings is 1. The molecule has 1 aromatic heterocycles. The largest absolute Gasteiger partial charge is 0.393 e. The third-order valence-corrected chi connectivity index (χ3v) is 6.09. The van der Waals surface area contributed by atoms with Crippen LogP contribution in [-0.4, -0.2) is 35.2 Å². The molecule has 1 aromatic rings. The first-order chi connectivity index (χ1) is 15.2. The first-order valence-corrected chi connectivity index (χ1v) is 11.6. The molecule has 2 heterocycles. The maximum Gasteiger partial charge on any atom is 0.393 e. The second-order valence-electron chi connectivity index (χ2n) is 10.3. The van der Waals surface area contributed by atoms with Crippen LogP contribution in [0.4, 0.5) is 24.8 Å². The Labute approximate surface area is 195 Å². The highest BCUT2D eigenvalue weighted by atomic mass is 19.4. The molecule has 5 N–H and O–H groups in total. The topological polar surface area (TPSA) is 92.1 Å². The van der Waals surface area contributed by atoms with Gasteiger partial charge >= 0.3 is 6.18 Å². The zero-order valence-electron chi connectivity index (χ0n) is 20.3. The molecule has 0 aromatic carbocycles. The molecule has 0 spiro atoms. The molecular formula is C24H38F3N5O. The number of aromatic nitrogens is 1. The standard InChI is InChI=1S/C24H38F3N5O/c1-6-7-16-14-23(4,5)32-20-18(21(33)30-15-16)8-9-19(31-20)29-13-11-17(28)10-12-22(2,3)24(25,26)27/h8-9,11,13,16-17H,6-7,10,12,14-15,28H2,1-5H3,(H,30,33)(H2,29,31,32)/b13-11-/t16-,17?/m0/s1. The van der Waals surface area contributed by atoms with E-state index in [0.717, 1.165) is 19.3 Å². The molecular weight excluding hydrogens is 431 g/mol. The monoisotopic (exact) mass is 469 g/mol. The molecule has 1 amide bonds. The van der Waals surface area contributed by atoms with E-state index in [1.54, 1.807) is 24.4 Å². The Morgan fingerprint density at radius 2 is 2.03 bits per heavy atom. The molecule has 9 heteroatoms. The summed E-state index contributed by atoms with van der Waals surface area (Å²) in [6, 6.07) is 2.88. The summed E-state index contributed by atoms with van der Waals surface area (Å²) in [6.45, 7) is 9.32. The highest BCUT2D eigenvalue weighted by molar-refractivity contribution is 5.99. The summed E-state index contributed by atoms with van der Waals surface area (Å²) in [5.41, 5.74) is 4.40. The van der Waals surface area contributed by atoms with Gasteiger partial charge in [-0.05, 0) is 63.8 Å². The van der Waals surface area contributed by atoms with Gasteiger partial charge in [-0.25, -0.2) is 4.98 Å². The Morgan fingerprint density at radius 1 is 1.33 bits per heavy atom. The van der Waals surface area contributed by atoms with Gasteiger partial charge in [-0.2, -0.15) is 13.2 Å². The molecule has 0 fully saturated rings. The van der Waals surface area contributed by atoms with Gasteiger partial charge in [-0.1, -0.05) is 33.3 Å². The number of hydrogen-bond donors (Lipinski definition) is 4. The van der Waals surface area contributed by atoms with E-state index in [0.29, 0.717) is 29.7 Å². The molecule has 0 saturated heterocycles. The predicted molar refractivity (Wildman–Crippen MR) is 127 cm³/mol. The average molecular weight is 470 g/mol. The van der Waals surface area contributed by atoms with Crippen LogP contribution in [0.3, 0.4) is 0 Å². The van der Waals surface area contributed by atoms with Crippen LogP contribution < -0.4 is 21.7 Å². The van der Waals surface area contributed by atoms with Gasteiger partial charge in [0, 0.05) is 18.1 Å². The fourth-order valence-electron chi connectivity index (χ4n) is 3.95. The number of hydrogen-bond acceptors (Lipinski definition) is 5. The second-order valence-corrected chi connectivity index (χ2v) is 10.3. The van der Waals surface area contributed by atoms with Crippen LogP contribution in [0.25, 0.3) is 0 Å². The van der Waals surface area contributed by atoms with E-state index < -0.39 is 17.6 Å². The molecule has 1 unspecified atom stereocenters. The van der Waals surface area contributed by atoms with Crippen molar-refractivity contribution in [1.29, 1.82) is 0 Å². The smallest absolute Gasteiger partial charge is 0.364 e. The molecule has 0 bridgehead atoms. The molecule has 0 saturated carbocycles. The van der Waals surface area contributed by atoms with Crippen molar-refractivity contribution in [3.63, 3.8) is 0 Å². The van der Waals surface area contributed by atoms with Gasteiger partial charge in [0.25, 0.3) is 5.91 Å². The second kappa shape index (κ2) is 10.8. The first kappa shape index (κ1) is 27.0. The van der Waals surface area contributed by atoms with Crippen molar-refractivity contribution in [3.05, 3.63) is 30.0 Å². The number of carbonyl (C=O) groups excluding carboxylic acids is 1. The van der Waals surface area contributed by atoms with Crippen molar-refractivity contribution in [2.75, 3.05) is 17.2 Å². The summed E-state index contributed by atoms with van der Waals surface area (Å²) < 4.78 is 39.0. The number of anilines is 2. The number of nitrogens with zero attached hydrogens (tertiary/aromatic N) is 1. The van der Waals surface area contributed by atoms with E-state index in [9.17, 15) is 18.0 Å². The molecule has 6 nitrogen and oxygen atoms in total. The number of carbonyl (C=O) groups is 1. The van der Waals surface area contributed by atoms with E-state index >= 15 is 0 Å². The SMILES string of the molecule is CCC[C@@H]1CNC(=O)c2ccc(N/C=C\C(N)CCC(C)(C)C(F)(F)F)nc2NC(C)(C)C1. The number of nitrogens with one attached hydrogen (secondary N) is 3. The van der Waals surface area contributed by atoms with Crippen LogP contribution in [0.2, 0.25) is 0 Å². The van der Waals surface area contributed by atoms with Crippen molar-refractivity contribution >= 4 is 17.5 Å². The number of alkyl halides is 3. The van der Waals surface area contributed by atoms with Gasteiger partial charge in [-0.3, -0.25) is 4.79 Å². The number of halogens is 3. The molecule has 1 aliphatic heterocycles. The Bertz CT molecular complexity index is 836. The first-order valence-electron chi connectivity index (χ1n) is 11.6. The summed E-state index contributed by atoms with van der Waals surface area (Å²) in [4.78, 5) is 17.3. The zero-order valence-corrected chi connectivity index (χ0v) is 20.3. The normalized spacial score (nSPS) is 20.2. The van der Waals surface area contributed by atoms with E-state index in [4.69, 9.17) is 5.73 Å². The van der Waals surface area contributed by atoms with Crippen LogP contribution in [0.5, 0.6) is 0 Å². The van der Waals surface area contributed by atoms with E-state index in [1.165, 1.54) is 13.8 Å². The number of amides is 1. The van der Waals surface area contributed by atoms with Crippen molar-refractivity contribution in [1.82, 2.24) is 10.3 Å². The molecule has 33 heavy (non-hydrogen) atoms. The van der Waals surface area contributed by atoms with E-state index in [2.05, 4.69) is 41.7 Å².